The van der Waals surface area contributed by atoms with Gasteiger partial charge in [0, 0.05) is 25.4 Å². The summed E-state index contributed by atoms with van der Waals surface area (Å²) < 4.78 is 1.88. The molecule has 4 heteroatoms. The average Bonchev–Trinajstić information content (AvgIpc) is 2.70. The van der Waals surface area contributed by atoms with Gasteiger partial charge < -0.3 is 9.67 Å². The van der Waals surface area contributed by atoms with E-state index < -0.39 is 5.97 Å². The van der Waals surface area contributed by atoms with Crippen LogP contribution in [-0.2, 0) is 31.1 Å². The van der Waals surface area contributed by atoms with Gasteiger partial charge in [-0.3, -0.25) is 4.79 Å². The van der Waals surface area contributed by atoms with Crippen molar-refractivity contribution in [1.29, 1.82) is 0 Å². The Morgan fingerprint density at radius 1 is 1.26 bits per heavy atom. The molecule has 0 saturated carbocycles. The number of carboxylic acid groups (broad SMARTS) is 1. The number of imidazole rings is 1. The highest BCUT2D eigenvalue weighted by Gasteiger charge is 2.09. The molecule has 0 aliphatic carbocycles. The molecule has 0 unspecified atom stereocenters. The van der Waals surface area contributed by atoms with Gasteiger partial charge in [-0.25, -0.2) is 4.98 Å². The van der Waals surface area contributed by atoms with E-state index in [4.69, 9.17) is 5.11 Å². The number of hydrogen-bond donors (Lipinski definition) is 1. The molecule has 0 amide bonds. The molecule has 1 N–H and O–H groups in total. The van der Waals surface area contributed by atoms with Gasteiger partial charge in [0.2, 0.25) is 0 Å². The van der Waals surface area contributed by atoms with Crippen LogP contribution < -0.4 is 0 Å². The van der Waals surface area contributed by atoms with Crippen molar-refractivity contribution in [3.63, 3.8) is 0 Å². The van der Waals surface area contributed by atoms with Crippen LogP contribution in [0.15, 0.2) is 30.5 Å². The Morgan fingerprint density at radius 3 is 2.58 bits per heavy atom. The molecule has 1 heterocycles. The number of carboxylic acids is 1. The maximum atomic E-state index is 10.7. The Hall–Kier alpha value is -2.10. The molecular weight excluding hydrogens is 240 g/mol. The second-order valence-corrected chi connectivity index (χ2v) is 4.78. The number of aryl methyl sites for hydroxylation is 3. The van der Waals surface area contributed by atoms with Gasteiger partial charge in [0.25, 0.3) is 0 Å². The Labute approximate surface area is 112 Å². The average molecular weight is 258 g/mol. The quantitative estimate of drug-likeness (QED) is 0.894. The summed E-state index contributed by atoms with van der Waals surface area (Å²) in [6.07, 6.45) is 3.41. The first kappa shape index (κ1) is 13.3. The van der Waals surface area contributed by atoms with Crippen LogP contribution in [0.3, 0.4) is 0 Å². The molecule has 0 bridgehead atoms. The van der Waals surface area contributed by atoms with E-state index in [-0.39, 0.29) is 6.42 Å². The Bertz CT molecular complexity index is 570. The van der Waals surface area contributed by atoms with Crippen LogP contribution in [0, 0.1) is 6.92 Å². The standard InChI is InChI=1S/C15H18N2O2/c1-11-3-5-12(6-4-11)7-8-14-16-10-13(17(14)2)9-15(18)19/h3-6,10H,7-9H2,1-2H3,(H,18,19). The van der Waals surface area contributed by atoms with E-state index in [1.165, 1.54) is 11.1 Å². The van der Waals surface area contributed by atoms with Gasteiger partial charge in [0.1, 0.15) is 5.82 Å². The van der Waals surface area contributed by atoms with Gasteiger partial charge in [0.05, 0.1) is 6.42 Å². The maximum absolute atomic E-state index is 10.7. The highest BCUT2D eigenvalue weighted by molar-refractivity contribution is 5.69. The number of hydrogen-bond acceptors (Lipinski definition) is 2. The van der Waals surface area contributed by atoms with Crippen LogP contribution in [0.4, 0.5) is 0 Å². The minimum Gasteiger partial charge on any atom is -0.481 e. The predicted molar refractivity (Wildman–Crippen MR) is 73.1 cm³/mol. The van der Waals surface area contributed by atoms with E-state index in [1.807, 2.05) is 11.6 Å². The predicted octanol–water partition coefficient (Wildman–Crippen LogP) is 2.14. The lowest BCUT2D eigenvalue weighted by Gasteiger charge is -2.05. The normalized spacial score (nSPS) is 10.6. The smallest absolute Gasteiger partial charge is 0.309 e. The van der Waals surface area contributed by atoms with Crippen molar-refractivity contribution in [2.45, 2.75) is 26.2 Å². The van der Waals surface area contributed by atoms with Gasteiger partial charge in [-0.05, 0) is 18.9 Å². The molecule has 2 aromatic rings. The Balaban J connectivity index is 2.01. The second-order valence-electron chi connectivity index (χ2n) is 4.78. The highest BCUT2D eigenvalue weighted by atomic mass is 16.4. The third-order valence-corrected chi connectivity index (χ3v) is 3.27. The third-order valence-electron chi connectivity index (χ3n) is 3.27. The number of benzene rings is 1. The molecule has 19 heavy (non-hydrogen) atoms. The molecule has 4 nitrogen and oxygen atoms in total. The molecule has 1 aromatic heterocycles. The van der Waals surface area contributed by atoms with E-state index in [0.29, 0.717) is 0 Å². The van der Waals surface area contributed by atoms with Gasteiger partial charge in [-0.15, -0.1) is 0 Å². The summed E-state index contributed by atoms with van der Waals surface area (Å²) in [6, 6.07) is 8.44. The zero-order valence-corrected chi connectivity index (χ0v) is 11.3. The van der Waals surface area contributed by atoms with Crippen molar-refractivity contribution in [1.82, 2.24) is 9.55 Å². The molecule has 1 aromatic carbocycles. The number of aliphatic carboxylic acids is 1. The van der Waals surface area contributed by atoms with Gasteiger partial charge in [0.15, 0.2) is 0 Å². The maximum Gasteiger partial charge on any atom is 0.309 e. The van der Waals surface area contributed by atoms with Crippen molar-refractivity contribution in [2.75, 3.05) is 0 Å². The number of nitrogens with zero attached hydrogens (tertiary/aromatic N) is 2. The van der Waals surface area contributed by atoms with Crippen LogP contribution in [0.25, 0.3) is 0 Å². The van der Waals surface area contributed by atoms with Crippen molar-refractivity contribution in [2.24, 2.45) is 7.05 Å². The molecule has 0 fully saturated rings. The summed E-state index contributed by atoms with van der Waals surface area (Å²) in [6.45, 7) is 2.07. The molecule has 0 radical (unpaired) electrons. The van der Waals surface area contributed by atoms with Gasteiger partial charge >= 0.3 is 5.97 Å². The Kier molecular flexibility index (Phi) is 4.00. The number of aromatic nitrogens is 2. The molecular formula is C15H18N2O2. The van der Waals surface area contributed by atoms with E-state index in [0.717, 1.165) is 24.4 Å². The molecule has 0 saturated heterocycles. The van der Waals surface area contributed by atoms with Gasteiger partial charge in [-0.1, -0.05) is 29.8 Å². The first-order valence-corrected chi connectivity index (χ1v) is 6.33. The molecule has 0 aliphatic heterocycles. The fourth-order valence-corrected chi connectivity index (χ4v) is 2.05. The minimum absolute atomic E-state index is 0.0219. The molecule has 0 spiro atoms. The SMILES string of the molecule is Cc1ccc(CCc2ncc(CC(=O)O)n2C)cc1. The fraction of sp³-hybridized carbons (Fsp3) is 0.333. The van der Waals surface area contributed by atoms with Crippen molar-refractivity contribution in [3.8, 4) is 0 Å². The number of carbonyl (C=O) groups is 1. The van der Waals surface area contributed by atoms with Gasteiger partial charge in [-0.2, -0.15) is 0 Å². The van der Waals surface area contributed by atoms with E-state index >= 15 is 0 Å². The summed E-state index contributed by atoms with van der Waals surface area (Å²) in [4.78, 5) is 15.0. The van der Waals surface area contributed by atoms with E-state index in [1.54, 1.807) is 6.20 Å². The topological polar surface area (TPSA) is 55.1 Å². The first-order chi connectivity index (χ1) is 9.06. The third kappa shape index (κ3) is 3.44. The summed E-state index contributed by atoms with van der Waals surface area (Å²) in [5, 5.41) is 8.79. The number of rotatable bonds is 5. The molecule has 2 rings (SSSR count). The van der Waals surface area contributed by atoms with E-state index in [9.17, 15) is 4.79 Å². The van der Waals surface area contributed by atoms with E-state index in [2.05, 4.69) is 36.2 Å². The monoisotopic (exact) mass is 258 g/mol. The van der Waals surface area contributed by atoms with Crippen LogP contribution >= 0.6 is 0 Å². The molecule has 100 valence electrons. The summed E-state index contributed by atoms with van der Waals surface area (Å²) in [7, 11) is 1.87. The van der Waals surface area contributed by atoms with Crippen molar-refractivity contribution >= 4 is 5.97 Å². The zero-order valence-electron chi connectivity index (χ0n) is 11.3. The highest BCUT2D eigenvalue weighted by Crippen LogP contribution is 2.10. The van der Waals surface area contributed by atoms with Crippen LogP contribution in [0.5, 0.6) is 0 Å². The van der Waals surface area contributed by atoms with Crippen LogP contribution in [-0.4, -0.2) is 20.6 Å². The van der Waals surface area contributed by atoms with Crippen LogP contribution in [0.2, 0.25) is 0 Å². The largest absolute Gasteiger partial charge is 0.481 e. The van der Waals surface area contributed by atoms with Crippen molar-refractivity contribution < 1.29 is 9.90 Å². The lowest BCUT2D eigenvalue weighted by atomic mass is 10.1. The first-order valence-electron chi connectivity index (χ1n) is 6.33. The molecule has 0 atom stereocenters. The van der Waals surface area contributed by atoms with Crippen LogP contribution in [0.1, 0.15) is 22.6 Å². The summed E-state index contributed by atoms with van der Waals surface area (Å²) in [5.74, 6) is 0.102. The lowest BCUT2D eigenvalue weighted by Crippen LogP contribution is -2.08. The Morgan fingerprint density at radius 2 is 1.95 bits per heavy atom. The molecule has 0 aliphatic rings. The second kappa shape index (κ2) is 5.69. The fourth-order valence-electron chi connectivity index (χ4n) is 2.05. The van der Waals surface area contributed by atoms with Crippen molar-refractivity contribution in [3.05, 3.63) is 53.1 Å². The summed E-state index contributed by atoms with van der Waals surface area (Å²) >= 11 is 0. The lowest BCUT2D eigenvalue weighted by molar-refractivity contribution is -0.136. The zero-order chi connectivity index (χ0) is 13.8. The summed E-state index contributed by atoms with van der Waals surface area (Å²) in [5.41, 5.74) is 3.27. The minimum atomic E-state index is -0.826.